The summed E-state index contributed by atoms with van der Waals surface area (Å²) in [4.78, 5) is 11.3. The molecule has 0 radical (unpaired) electrons. The van der Waals surface area contributed by atoms with E-state index in [1.807, 2.05) is 0 Å². The molecule has 4 nitrogen and oxygen atoms in total. The molecule has 0 aliphatic carbocycles. The highest BCUT2D eigenvalue weighted by molar-refractivity contribution is 5.42. The molecular formula is C12H10F2N2O2. The van der Waals surface area contributed by atoms with Crippen LogP contribution in [0.15, 0.2) is 47.4 Å². The molecular weight excluding hydrogens is 242 g/mol. The van der Waals surface area contributed by atoms with Gasteiger partial charge in [0.2, 0.25) is 0 Å². The number of anilines is 1. The number of aromatic nitrogens is 1. The molecule has 0 unspecified atom stereocenters. The Morgan fingerprint density at radius 3 is 2.33 bits per heavy atom. The second-order valence-corrected chi connectivity index (χ2v) is 3.56. The maximum atomic E-state index is 12.3. The average Bonchev–Trinajstić information content (AvgIpc) is 2.32. The summed E-state index contributed by atoms with van der Waals surface area (Å²) in [5, 5.41) is 0. The number of pyridine rings is 1. The molecule has 0 aliphatic heterocycles. The first kappa shape index (κ1) is 12.1. The van der Waals surface area contributed by atoms with Crippen LogP contribution in [0.4, 0.5) is 14.5 Å². The molecule has 1 aromatic heterocycles. The first-order valence-corrected chi connectivity index (χ1v) is 5.10. The van der Waals surface area contributed by atoms with E-state index in [9.17, 15) is 13.6 Å². The van der Waals surface area contributed by atoms with Crippen molar-refractivity contribution in [2.24, 2.45) is 0 Å². The third-order valence-electron chi connectivity index (χ3n) is 2.25. The molecule has 0 bridgehead atoms. The second kappa shape index (κ2) is 4.87. The van der Waals surface area contributed by atoms with Crippen molar-refractivity contribution >= 4 is 5.69 Å². The van der Waals surface area contributed by atoms with Crippen LogP contribution in [-0.2, 0) is 0 Å². The van der Waals surface area contributed by atoms with E-state index < -0.39 is 12.1 Å². The van der Waals surface area contributed by atoms with Crippen LogP contribution in [0, 0.1) is 0 Å². The number of nitrogen functional groups attached to an aromatic ring is 1. The van der Waals surface area contributed by atoms with E-state index in [4.69, 9.17) is 10.5 Å². The van der Waals surface area contributed by atoms with Gasteiger partial charge in [0.15, 0.2) is 0 Å². The van der Waals surface area contributed by atoms with Crippen molar-refractivity contribution < 1.29 is 13.5 Å². The van der Waals surface area contributed by atoms with Gasteiger partial charge in [-0.05, 0) is 30.3 Å². The van der Waals surface area contributed by atoms with Gasteiger partial charge in [-0.15, -0.1) is 0 Å². The van der Waals surface area contributed by atoms with Crippen molar-refractivity contribution in [3.05, 3.63) is 52.9 Å². The third-order valence-corrected chi connectivity index (χ3v) is 2.25. The molecule has 0 aliphatic rings. The van der Waals surface area contributed by atoms with Crippen LogP contribution < -0.4 is 16.0 Å². The zero-order valence-corrected chi connectivity index (χ0v) is 9.22. The highest BCUT2D eigenvalue weighted by Gasteiger charge is 2.08. The summed E-state index contributed by atoms with van der Waals surface area (Å²) in [6.07, 6.45) is 0.986. The molecule has 2 aromatic rings. The number of rotatable bonds is 3. The molecule has 0 spiro atoms. The lowest BCUT2D eigenvalue weighted by atomic mass is 10.3. The third kappa shape index (κ3) is 2.65. The van der Waals surface area contributed by atoms with Crippen molar-refractivity contribution in [1.29, 1.82) is 0 Å². The summed E-state index contributed by atoms with van der Waals surface area (Å²) >= 11 is 0. The van der Waals surface area contributed by atoms with Crippen molar-refractivity contribution in [1.82, 2.24) is 4.57 Å². The Hall–Kier alpha value is -2.37. The predicted molar refractivity (Wildman–Crippen MR) is 62.9 cm³/mol. The zero-order valence-electron chi connectivity index (χ0n) is 9.22. The highest BCUT2D eigenvalue weighted by atomic mass is 19.3. The number of nitrogens with zero attached hydrogens (tertiary/aromatic N) is 1. The van der Waals surface area contributed by atoms with Crippen molar-refractivity contribution in [2.45, 2.75) is 6.55 Å². The molecule has 2 N–H and O–H groups in total. The van der Waals surface area contributed by atoms with Gasteiger partial charge in [0.25, 0.3) is 5.56 Å². The van der Waals surface area contributed by atoms with Gasteiger partial charge in [-0.25, -0.2) is 0 Å². The van der Waals surface area contributed by atoms with Gasteiger partial charge >= 0.3 is 6.55 Å². The summed E-state index contributed by atoms with van der Waals surface area (Å²) in [6.45, 7) is -2.86. The fourth-order valence-electron chi connectivity index (χ4n) is 1.37. The monoisotopic (exact) mass is 252 g/mol. The summed E-state index contributed by atoms with van der Waals surface area (Å²) in [7, 11) is 0. The van der Waals surface area contributed by atoms with Crippen LogP contribution >= 0.6 is 0 Å². The van der Waals surface area contributed by atoms with Gasteiger partial charge in [0.1, 0.15) is 11.5 Å². The van der Waals surface area contributed by atoms with E-state index in [0.29, 0.717) is 16.0 Å². The Morgan fingerprint density at radius 1 is 1.11 bits per heavy atom. The highest BCUT2D eigenvalue weighted by Crippen LogP contribution is 2.21. The molecule has 0 fully saturated rings. The quantitative estimate of drug-likeness (QED) is 0.854. The summed E-state index contributed by atoms with van der Waals surface area (Å²) < 4.78 is 30.3. The predicted octanol–water partition coefficient (Wildman–Crippen LogP) is 2.62. The van der Waals surface area contributed by atoms with Gasteiger partial charge in [-0.1, -0.05) is 0 Å². The number of hydrogen-bond acceptors (Lipinski definition) is 3. The molecule has 1 aromatic carbocycles. The van der Waals surface area contributed by atoms with Gasteiger partial charge in [-0.3, -0.25) is 9.36 Å². The minimum absolute atomic E-state index is 0.196. The number of ether oxygens (including phenoxy) is 1. The minimum Gasteiger partial charge on any atom is -0.457 e. The van der Waals surface area contributed by atoms with Gasteiger partial charge in [-0.2, -0.15) is 8.78 Å². The second-order valence-electron chi connectivity index (χ2n) is 3.56. The maximum Gasteiger partial charge on any atom is 0.321 e. The van der Waals surface area contributed by atoms with Gasteiger partial charge < -0.3 is 10.5 Å². The molecule has 94 valence electrons. The summed E-state index contributed by atoms with van der Waals surface area (Å²) in [5.74, 6) is 0.667. The van der Waals surface area contributed by atoms with Crippen molar-refractivity contribution in [3.8, 4) is 11.5 Å². The Balaban J connectivity index is 2.23. The number of hydrogen-bond donors (Lipinski definition) is 1. The van der Waals surface area contributed by atoms with E-state index in [1.165, 1.54) is 6.07 Å². The lowest BCUT2D eigenvalue weighted by Gasteiger charge is -2.07. The molecule has 1 heterocycles. The Morgan fingerprint density at radius 2 is 1.78 bits per heavy atom. The van der Waals surface area contributed by atoms with Crippen molar-refractivity contribution in [2.75, 3.05) is 5.73 Å². The molecule has 0 atom stereocenters. The first-order chi connectivity index (χ1) is 8.56. The lowest BCUT2D eigenvalue weighted by Crippen LogP contribution is -2.18. The topological polar surface area (TPSA) is 57.2 Å². The van der Waals surface area contributed by atoms with Crippen molar-refractivity contribution in [3.63, 3.8) is 0 Å². The SMILES string of the molecule is Nc1ccc(Oc2ccn(C(F)F)c(=O)c2)cc1. The first-order valence-electron chi connectivity index (χ1n) is 5.10. The van der Waals surface area contributed by atoms with E-state index in [0.717, 1.165) is 12.3 Å². The van der Waals surface area contributed by atoms with Crippen LogP contribution in [0.3, 0.4) is 0 Å². The average molecular weight is 252 g/mol. The zero-order chi connectivity index (χ0) is 13.1. The van der Waals surface area contributed by atoms with Gasteiger partial charge in [0.05, 0.1) is 0 Å². The number of halogens is 2. The van der Waals surface area contributed by atoms with Crippen LogP contribution in [-0.4, -0.2) is 4.57 Å². The molecule has 0 amide bonds. The summed E-state index contributed by atoms with van der Waals surface area (Å²) in [6, 6.07) is 8.81. The Bertz CT molecular complexity index is 594. The van der Waals surface area contributed by atoms with E-state index in [1.54, 1.807) is 24.3 Å². The Kier molecular flexibility index (Phi) is 3.27. The fourth-order valence-corrected chi connectivity index (χ4v) is 1.37. The van der Waals surface area contributed by atoms with Crippen LogP contribution in [0.1, 0.15) is 6.55 Å². The standard InChI is InChI=1S/C12H10F2N2O2/c13-12(14)16-6-5-10(7-11(16)17)18-9-3-1-8(15)2-4-9/h1-7,12H,15H2. The largest absolute Gasteiger partial charge is 0.457 e. The Labute approximate surface area is 101 Å². The number of benzene rings is 1. The number of nitrogens with two attached hydrogens (primary N) is 1. The van der Waals surface area contributed by atoms with E-state index >= 15 is 0 Å². The lowest BCUT2D eigenvalue weighted by molar-refractivity contribution is 0.0662. The summed E-state index contributed by atoms with van der Waals surface area (Å²) in [5.41, 5.74) is 5.26. The molecule has 18 heavy (non-hydrogen) atoms. The van der Waals surface area contributed by atoms with Crippen LogP contribution in [0.5, 0.6) is 11.5 Å². The van der Waals surface area contributed by atoms with Crippen LogP contribution in [0.2, 0.25) is 0 Å². The molecule has 0 saturated heterocycles. The molecule has 0 saturated carbocycles. The maximum absolute atomic E-state index is 12.3. The normalized spacial score (nSPS) is 10.6. The molecule has 2 rings (SSSR count). The van der Waals surface area contributed by atoms with E-state index in [-0.39, 0.29) is 5.75 Å². The smallest absolute Gasteiger partial charge is 0.321 e. The van der Waals surface area contributed by atoms with E-state index in [2.05, 4.69) is 0 Å². The van der Waals surface area contributed by atoms with Crippen LogP contribution in [0.25, 0.3) is 0 Å². The minimum atomic E-state index is -2.86. The van der Waals surface area contributed by atoms with Gasteiger partial charge in [0, 0.05) is 18.0 Å². The fraction of sp³-hybridized carbons (Fsp3) is 0.0833. The number of alkyl halides is 2. The molecule has 6 heteroatoms.